The first-order valence-electron chi connectivity index (χ1n) is 5.26. The maximum Gasteiger partial charge on any atom is 0.137 e. The highest BCUT2D eigenvalue weighted by atomic mass is 79.9. The molecule has 0 aliphatic heterocycles. The Balaban J connectivity index is 2.23. The summed E-state index contributed by atoms with van der Waals surface area (Å²) < 4.78 is 14.6. The van der Waals surface area contributed by atoms with Crippen molar-refractivity contribution in [2.45, 2.75) is 12.5 Å². The third-order valence-corrected chi connectivity index (χ3v) is 4.83. The van der Waals surface area contributed by atoms with Crippen molar-refractivity contribution < 1.29 is 4.39 Å². The van der Waals surface area contributed by atoms with Crippen molar-refractivity contribution >= 4 is 38.9 Å². The van der Waals surface area contributed by atoms with E-state index in [0.29, 0.717) is 15.2 Å². The topological polar surface area (TPSA) is 38.0 Å². The Labute approximate surface area is 122 Å². The van der Waals surface area contributed by atoms with Gasteiger partial charge in [0.2, 0.25) is 0 Å². The predicted octanol–water partition coefficient (Wildman–Crippen LogP) is 4.05. The molecule has 2 rings (SSSR count). The highest BCUT2D eigenvalue weighted by Gasteiger charge is 2.15. The minimum atomic E-state index is -0.271. The fourth-order valence-corrected chi connectivity index (χ4v) is 3.23. The molecule has 0 radical (unpaired) electrons. The zero-order valence-corrected chi connectivity index (χ0v) is 12.4. The van der Waals surface area contributed by atoms with Crippen LogP contribution in [0.5, 0.6) is 0 Å². The minimum absolute atomic E-state index is 0.0828. The quantitative estimate of drug-likeness (QED) is 0.645. The Morgan fingerprint density at radius 2 is 2.17 bits per heavy atom. The van der Waals surface area contributed by atoms with Crippen molar-refractivity contribution in [3.63, 3.8) is 0 Å². The lowest BCUT2D eigenvalue weighted by molar-refractivity contribution is 0.554. The van der Waals surface area contributed by atoms with Crippen LogP contribution in [0.3, 0.4) is 0 Å². The van der Waals surface area contributed by atoms with Gasteiger partial charge in [0.25, 0.3) is 0 Å². The van der Waals surface area contributed by atoms with E-state index < -0.39 is 0 Å². The van der Waals surface area contributed by atoms with Crippen LogP contribution in [0.1, 0.15) is 16.5 Å². The van der Waals surface area contributed by atoms with Gasteiger partial charge in [-0.2, -0.15) is 0 Å². The highest BCUT2D eigenvalue weighted by molar-refractivity contribution is 9.10. The van der Waals surface area contributed by atoms with E-state index in [1.54, 1.807) is 6.07 Å². The van der Waals surface area contributed by atoms with Crippen LogP contribution in [0.15, 0.2) is 34.8 Å². The Bertz CT molecular complexity index is 547. The number of benzene rings is 1. The number of nitrogens with one attached hydrogen (secondary N) is 1. The van der Waals surface area contributed by atoms with Crippen molar-refractivity contribution in [2.24, 2.45) is 5.84 Å². The number of halogens is 3. The number of rotatable bonds is 4. The van der Waals surface area contributed by atoms with Gasteiger partial charge in [-0.1, -0.05) is 23.7 Å². The molecule has 0 spiro atoms. The van der Waals surface area contributed by atoms with Gasteiger partial charge in [-0.3, -0.25) is 11.3 Å². The Hall–Kier alpha value is -0.460. The highest BCUT2D eigenvalue weighted by Crippen LogP contribution is 2.30. The second kappa shape index (κ2) is 6.12. The molecule has 1 aromatic carbocycles. The van der Waals surface area contributed by atoms with Gasteiger partial charge in [-0.25, -0.2) is 4.39 Å². The summed E-state index contributed by atoms with van der Waals surface area (Å²) in [7, 11) is 0. The standard InChI is InChI=1S/C12H11BrClFN2S/c13-12-7(2-1-3-8(12)15)6-9(17-16)10-4-5-11(14)18-10/h1-5,9,17H,6,16H2. The smallest absolute Gasteiger partial charge is 0.137 e. The molecule has 2 nitrogen and oxygen atoms in total. The maximum absolute atomic E-state index is 13.4. The van der Waals surface area contributed by atoms with Gasteiger partial charge < -0.3 is 0 Å². The summed E-state index contributed by atoms with van der Waals surface area (Å²) in [6.07, 6.45) is 0.589. The van der Waals surface area contributed by atoms with Crippen LogP contribution in [-0.4, -0.2) is 0 Å². The lowest BCUT2D eigenvalue weighted by Crippen LogP contribution is -2.29. The minimum Gasteiger partial charge on any atom is -0.271 e. The summed E-state index contributed by atoms with van der Waals surface area (Å²) in [5.74, 6) is 5.28. The van der Waals surface area contributed by atoms with Crippen LogP contribution in [0.2, 0.25) is 4.34 Å². The average Bonchev–Trinajstić information content (AvgIpc) is 2.78. The van der Waals surface area contributed by atoms with E-state index in [1.807, 2.05) is 18.2 Å². The van der Waals surface area contributed by atoms with E-state index in [9.17, 15) is 4.39 Å². The van der Waals surface area contributed by atoms with E-state index in [-0.39, 0.29) is 11.9 Å². The Morgan fingerprint density at radius 1 is 1.39 bits per heavy atom. The van der Waals surface area contributed by atoms with Crippen molar-refractivity contribution in [3.8, 4) is 0 Å². The zero-order chi connectivity index (χ0) is 13.1. The van der Waals surface area contributed by atoms with Crippen LogP contribution in [0.4, 0.5) is 4.39 Å². The molecule has 1 aromatic heterocycles. The second-order valence-corrected chi connectivity index (χ2v) is 6.32. The molecular weight excluding hydrogens is 339 g/mol. The molecule has 1 atom stereocenters. The van der Waals surface area contributed by atoms with Crippen molar-refractivity contribution in [3.05, 3.63) is 55.4 Å². The van der Waals surface area contributed by atoms with Crippen molar-refractivity contribution in [2.75, 3.05) is 0 Å². The van der Waals surface area contributed by atoms with Crippen LogP contribution in [-0.2, 0) is 6.42 Å². The fourth-order valence-electron chi connectivity index (χ4n) is 1.68. The normalized spacial score (nSPS) is 12.7. The number of nitrogens with two attached hydrogens (primary N) is 1. The van der Waals surface area contributed by atoms with Gasteiger partial charge in [0, 0.05) is 4.88 Å². The third kappa shape index (κ3) is 3.10. The van der Waals surface area contributed by atoms with Gasteiger partial charge in [0.1, 0.15) is 5.82 Å². The molecule has 0 aliphatic carbocycles. The molecule has 0 bridgehead atoms. The number of thiophene rings is 1. The molecule has 0 fully saturated rings. The zero-order valence-electron chi connectivity index (χ0n) is 9.29. The Kier molecular flexibility index (Phi) is 4.75. The number of hydrogen-bond acceptors (Lipinski definition) is 3. The first kappa shape index (κ1) is 14.0. The van der Waals surface area contributed by atoms with Gasteiger partial charge in [-0.05, 0) is 46.1 Å². The molecule has 96 valence electrons. The van der Waals surface area contributed by atoms with Gasteiger partial charge in [0.15, 0.2) is 0 Å². The molecule has 2 aromatic rings. The van der Waals surface area contributed by atoms with E-state index in [2.05, 4.69) is 21.4 Å². The van der Waals surface area contributed by atoms with Crippen LogP contribution in [0.25, 0.3) is 0 Å². The van der Waals surface area contributed by atoms with Crippen molar-refractivity contribution in [1.29, 1.82) is 0 Å². The lowest BCUT2D eigenvalue weighted by Gasteiger charge is -2.15. The fraction of sp³-hybridized carbons (Fsp3) is 0.167. The van der Waals surface area contributed by atoms with Crippen molar-refractivity contribution in [1.82, 2.24) is 5.43 Å². The van der Waals surface area contributed by atoms with E-state index in [0.717, 1.165) is 10.4 Å². The van der Waals surface area contributed by atoms with Crippen LogP contribution >= 0.6 is 38.9 Å². The second-order valence-electron chi connectivity index (χ2n) is 3.78. The Morgan fingerprint density at radius 3 is 2.78 bits per heavy atom. The van der Waals surface area contributed by atoms with Crippen LogP contribution < -0.4 is 11.3 Å². The van der Waals surface area contributed by atoms with E-state index in [1.165, 1.54) is 17.4 Å². The molecule has 1 unspecified atom stereocenters. The number of hydrogen-bond donors (Lipinski definition) is 2. The van der Waals surface area contributed by atoms with E-state index in [4.69, 9.17) is 17.4 Å². The molecule has 0 saturated heterocycles. The van der Waals surface area contributed by atoms with Gasteiger partial charge in [0.05, 0.1) is 14.9 Å². The summed E-state index contributed by atoms with van der Waals surface area (Å²) in [4.78, 5) is 1.03. The first-order valence-corrected chi connectivity index (χ1v) is 7.25. The molecule has 1 heterocycles. The molecule has 3 N–H and O–H groups in total. The van der Waals surface area contributed by atoms with Gasteiger partial charge >= 0.3 is 0 Å². The predicted molar refractivity (Wildman–Crippen MR) is 77.2 cm³/mol. The number of hydrazine groups is 1. The average molecular weight is 350 g/mol. The summed E-state index contributed by atoms with van der Waals surface area (Å²) >= 11 is 10.6. The third-order valence-electron chi connectivity index (χ3n) is 2.59. The van der Waals surface area contributed by atoms with Crippen LogP contribution in [0, 0.1) is 5.82 Å². The lowest BCUT2D eigenvalue weighted by atomic mass is 10.1. The molecule has 18 heavy (non-hydrogen) atoms. The monoisotopic (exact) mass is 348 g/mol. The summed E-state index contributed by atoms with van der Waals surface area (Å²) in [6.45, 7) is 0. The molecular formula is C12H11BrClFN2S. The largest absolute Gasteiger partial charge is 0.271 e. The summed E-state index contributed by atoms with van der Waals surface area (Å²) in [5, 5.41) is 0. The molecule has 0 saturated carbocycles. The van der Waals surface area contributed by atoms with Gasteiger partial charge in [-0.15, -0.1) is 11.3 Å². The molecule has 0 amide bonds. The summed E-state index contributed by atoms with van der Waals surface area (Å²) in [6, 6.07) is 8.63. The maximum atomic E-state index is 13.4. The molecule has 6 heteroatoms. The van der Waals surface area contributed by atoms with E-state index >= 15 is 0 Å². The summed E-state index contributed by atoms with van der Waals surface area (Å²) in [5.41, 5.74) is 3.60. The SMILES string of the molecule is NNC(Cc1cccc(F)c1Br)c1ccc(Cl)s1. The first-order chi connectivity index (χ1) is 8.61. The molecule has 0 aliphatic rings.